The summed E-state index contributed by atoms with van der Waals surface area (Å²) in [6.07, 6.45) is -1.97. The first-order valence-corrected chi connectivity index (χ1v) is 4.71. The summed E-state index contributed by atoms with van der Waals surface area (Å²) in [5.41, 5.74) is 0. The summed E-state index contributed by atoms with van der Waals surface area (Å²) in [7, 11) is 1.50. The van der Waals surface area contributed by atoms with E-state index in [2.05, 4.69) is 0 Å². The molecule has 14 heavy (non-hydrogen) atoms. The van der Waals surface area contributed by atoms with Gasteiger partial charge in [-0.25, -0.2) is 0 Å². The van der Waals surface area contributed by atoms with Gasteiger partial charge in [-0.1, -0.05) is 0 Å². The minimum atomic E-state index is -0.791. The van der Waals surface area contributed by atoms with Crippen molar-refractivity contribution in [2.24, 2.45) is 0 Å². The number of aliphatic hydroxyl groups is 1. The normalized spacial score (nSPS) is 46.3. The molecular formula is C9H16O5. The topological polar surface area (TPSA) is 57.2 Å². The van der Waals surface area contributed by atoms with Crippen LogP contribution in [0.15, 0.2) is 0 Å². The molecular weight excluding hydrogens is 188 g/mol. The van der Waals surface area contributed by atoms with E-state index in [4.69, 9.17) is 18.9 Å². The fourth-order valence-electron chi connectivity index (χ4n) is 1.93. The predicted molar refractivity (Wildman–Crippen MR) is 46.6 cm³/mol. The molecule has 4 atom stereocenters. The highest BCUT2D eigenvalue weighted by Gasteiger charge is 2.50. The molecule has 0 radical (unpaired) electrons. The first-order valence-electron chi connectivity index (χ1n) is 4.71. The van der Waals surface area contributed by atoms with Crippen molar-refractivity contribution in [1.29, 1.82) is 0 Å². The number of aliphatic hydroxyl groups excluding tert-OH is 1. The third kappa shape index (κ3) is 1.66. The third-order valence-corrected chi connectivity index (χ3v) is 2.49. The molecule has 2 aliphatic rings. The molecule has 82 valence electrons. The van der Waals surface area contributed by atoms with Crippen molar-refractivity contribution in [2.45, 2.75) is 44.2 Å². The lowest BCUT2D eigenvalue weighted by atomic mass is 10.1. The van der Waals surface area contributed by atoms with E-state index < -0.39 is 18.2 Å². The average Bonchev–Trinajstić information content (AvgIpc) is 2.42. The highest BCUT2D eigenvalue weighted by molar-refractivity contribution is 4.91. The Hall–Kier alpha value is -0.200. The highest BCUT2D eigenvalue weighted by atomic mass is 16.8. The lowest BCUT2D eigenvalue weighted by molar-refractivity contribution is -0.241. The van der Waals surface area contributed by atoms with Crippen molar-refractivity contribution in [3.05, 3.63) is 0 Å². The molecule has 2 fully saturated rings. The Morgan fingerprint density at radius 1 is 1.36 bits per heavy atom. The smallest absolute Gasteiger partial charge is 0.185 e. The first kappa shape index (κ1) is 10.3. The highest BCUT2D eigenvalue weighted by Crippen LogP contribution is 2.34. The molecule has 0 aliphatic carbocycles. The number of methoxy groups -OCH3 is 1. The zero-order chi connectivity index (χ0) is 10.3. The van der Waals surface area contributed by atoms with Gasteiger partial charge in [-0.05, 0) is 13.8 Å². The van der Waals surface area contributed by atoms with Gasteiger partial charge in [0.2, 0.25) is 0 Å². The summed E-state index contributed by atoms with van der Waals surface area (Å²) in [5.74, 6) is -0.650. The van der Waals surface area contributed by atoms with Gasteiger partial charge in [-0.3, -0.25) is 0 Å². The van der Waals surface area contributed by atoms with Crippen LogP contribution in [0.1, 0.15) is 13.8 Å². The number of hydrogen-bond donors (Lipinski definition) is 1. The lowest BCUT2D eigenvalue weighted by Crippen LogP contribution is -2.52. The van der Waals surface area contributed by atoms with Gasteiger partial charge in [0.25, 0.3) is 0 Å². The third-order valence-electron chi connectivity index (χ3n) is 2.49. The monoisotopic (exact) mass is 204 g/mol. The van der Waals surface area contributed by atoms with E-state index in [1.54, 1.807) is 0 Å². The van der Waals surface area contributed by atoms with Gasteiger partial charge in [0.05, 0.1) is 6.61 Å². The molecule has 0 aromatic rings. The summed E-state index contributed by atoms with van der Waals surface area (Å²) in [6.45, 7) is 4.03. The Morgan fingerprint density at radius 2 is 2.07 bits per heavy atom. The minimum absolute atomic E-state index is 0.202. The molecule has 0 aromatic carbocycles. The number of rotatable bonds is 1. The van der Waals surface area contributed by atoms with Crippen LogP contribution in [-0.2, 0) is 18.9 Å². The zero-order valence-electron chi connectivity index (χ0n) is 8.60. The molecule has 0 saturated carbocycles. The van der Waals surface area contributed by atoms with E-state index in [1.807, 2.05) is 13.8 Å². The second-order valence-corrected chi connectivity index (χ2v) is 4.07. The Bertz CT molecular complexity index is 217. The number of ether oxygens (including phenoxy) is 4. The van der Waals surface area contributed by atoms with Crippen LogP contribution in [0.5, 0.6) is 0 Å². The van der Waals surface area contributed by atoms with E-state index >= 15 is 0 Å². The molecule has 5 heteroatoms. The quantitative estimate of drug-likeness (QED) is 0.644. The maximum Gasteiger partial charge on any atom is 0.185 e. The Morgan fingerprint density at radius 3 is 2.71 bits per heavy atom. The molecule has 2 saturated heterocycles. The summed E-state index contributed by atoms with van der Waals surface area (Å²) in [5, 5.41) is 9.82. The van der Waals surface area contributed by atoms with Crippen molar-refractivity contribution in [3.63, 3.8) is 0 Å². The van der Waals surface area contributed by atoms with Gasteiger partial charge < -0.3 is 24.1 Å². The van der Waals surface area contributed by atoms with Gasteiger partial charge in [0.1, 0.15) is 18.3 Å². The summed E-state index contributed by atoms with van der Waals surface area (Å²) < 4.78 is 21.4. The molecule has 2 rings (SSSR count). The first-order chi connectivity index (χ1) is 6.53. The summed E-state index contributed by atoms with van der Waals surface area (Å²) in [4.78, 5) is 0. The Labute approximate surface area is 82.9 Å². The van der Waals surface area contributed by atoms with Crippen LogP contribution in [0.25, 0.3) is 0 Å². The molecule has 5 nitrogen and oxygen atoms in total. The van der Waals surface area contributed by atoms with E-state index in [-0.39, 0.29) is 12.2 Å². The Balaban J connectivity index is 2.08. The molecule has 0 unspecified atom stereocenters. The van der Waals surface area contributed by atoms with Crippen LogP contribution in [0.4, 0.5) is 0 Å². The van der Waals surface area contributed by atoms with Crippen molar-refractivity contribution in [3.8, 4) is 0 Å². The fourth-order valence-corrected chi connectivity index (χ4v) is 1.93. The van der Waals surface area contributed by atoms with E-state index in [1.165, 1.54) is 7.11 Å². The van der Waals surface area contributed by atoms with Crippen molar-refractivity contribution in [2.75, 3.05) is 13.7 Å². The predicted octanol–water partition coefficient (Wildman–Crippen LogP) is -0.130. The molecule has 0 bridgehead atoms. The Kier molecular flexibility index (Phi) is 2.53. The molecule has 2 aliphatic heterocycles. The van der Waals surface area contributed by atoms with E-state index in [0.717, 1.165) is 0 Å². The molecule has 0 spiro atoms. The lowest BCUT2D eigenvalue weighted by Gasteiger charge is -2.33. The van der Waals surface area contributed by atoms with E-state index in [0.29, 0.717) is 6.61 Å². The van der Waals surface area contributed by atoms with Crippen LogP contribution in [-0.4, -0.2) is 49.2 Å². The zero-order valence-corrected chi connectivity index (χ0v) is 8.60. The van der Waals surface area contributed by atoms with Gasteiger partial charge in [-0.15, -0.1) is 0 Å². The SMILES string of the molecule is CO[C@@H]1OC[C@@H]2OC(C)(C)O[C@@H]2[C@H]1O. The van der Waals surface area contributed by atoms with Crippen molar-refractivity contribution in [1.82, 2.24) is 0 Å². The number of fused-ring (bicyclic) bond motifs is 1. The van der Waals surface area contributed by atoms with E-state index in [9.17, 15) is 5.11 Å². The maximum absolute atomic E-state index is 9.82. The second kappa shape index (κ2) is 3.43. The second-order valence-electron chi connectivity index (χ2n) is 4.07. The van der Waals surface area contributed by atoms with Crippen LogP contribution < -0.4 is 0 Å². The largest absolute Gasteiger partial charge is 0.385 e. The molecule has 1 N–H and O–H groups in total. The van der Waals surface area contributed by atoms with Gasteiger partial charge in [0.15, 0.2) is 12.1 Å². The van der Waals surface area contributed by atoms with Crippen LogP contribution in [0, 0.1) is 0 Å². The molecule has 0 aromatic heterocycles. The standard InChI is InChI=1S/C9H16O5/c1-9(2)13-5-4-12-8(11-3)6(10)7(5)14-9/h5-8,10H,4H2,1-3H3/t5-,6+,7-,8+/m0/s1. The van der Waals surface area contributed by atoms with Crippen molar-refractivity contribution < 1.29 is 24.1 Å². The van der Waals surface area contributed by atoms with Gasteiger partial charge >= 0.3 is 0 Å². The van der Waals surface area contributed by atoms with Crippen molar-refractivity contribution >= 4 is 0 Å². The maximum atomic E-state index is 9.82. The fraction of sp³-hybridized carbons (Fsp3) is 1.00. The van der Waals surface area contributed by atoms with Gasteiger partial charge in [-0.2, -0.15) is 0 Å². The summed E-state index contributed by atoms with van der Waals surface area (Å²) in [6, 6.07) is 0. The molecule has 2 heterocycles. The van der Waals surface area contributed by atoms with Gasteiger partial charge in [0, 0.05) is 7.11 Å². The van der Waals surface area contributed by atoms with Crippen LogP contribution >= 0.6 is 0 Å². The average molecular weight is 204 g/mol. The number of hydrogen-bond acceptors (Lipinski definition) is 5. The van der Waals surface area contributed by atoms with Crippen LogP contribution in [0.3, 0.4) is 0 Å². The summed E-state index contributed by atoms with van der Waals surface area (Å²) >= 11 is 0. The van der Waals surface area contributed by atoms with Crippen LogP contribution in [0.2, 0.25) is 0 Å². The minimum Gasteiger partial charge on any atom is -0.385 e. The molecule has 0 amide bonds.